The molecule has 2 N–H and O–H groups in total. The molecule has 2 amide bonds. The molecule has 5 heteroatoms. The second-order valence-corrected chi connectivity index (χ2v) is 7.95. The van der Waals surface area contributed by atoms with E-state index in [1.807, 2.05) is 4.90 Å². The molecule has 3 rings (SSSR count). The Morgan fingerprint density at radius 3 is 2.55 bits per heavy atom. The molecule has 22 heavy (non-hydrogen) atoms. The Hall–Kier alpha value is -1.36. The van der Waals surface area contributed by atoms with E-state index in [-0.39, 0.29) is 5.91 Å². The molecule has 2 fully saturated rings. The van der Waals surface area contributed by atoms with Gasteiger partial charge in [0.15, 0.2) is 0 Å². The van der Waals surface area contributed by atoms with Crippen LogP contribution in [0.25, 0.3) is 0 Å². The minimum atomic E-state index is -0.458. The SMILES string of the molecule is CC1CCN(C(=O)c2ccc(C(N)=O)s2)CC12CCCCC2. The van der Waals surface area contributed by atoms with E-state index in [0.29, 0.717) is 21.1 Å². The molecule has 0 radical (unpaired) electrons. The fraction of sp³-hybridized carbons (Fsp3) is 0.647. The summed E-state index contributed by atoms with van der Waals surface area (Å²) in [4.78, 5) is 27.1. The predicted molar refractivity (Wildman–Crippen MR) is 88.0 cm³/mol. The highest BCUT2D eigenvalue weighted by Crippen LogP contribution is 2.47. The second-order valence-electron chi connectivity index (χ2n) is 6.87. The number of amides is 2. The topological polar surface area (TPSA) is 63.4 Å². The van der Waals surface area contributed by atoms with Crippen molar-refractivity contribution in [2.24, 2.45) is 17.1 Å². The number of piperidine rings is 1. The third kappa shape index (κ3) is 2.78. The number of carbonyl (C=O) groups is 2. The average Bonchev–Trinajstić information content (AvgIpc) is 3.00. The lowest BCUT2D eigenvalue weighted by Crippen LogP contribution is -2.50. The summed E-state index contributed by atoms with van der Waals surface area (Å²) in [5, 5.41) is 0. The van der Waals surface area contributed by atoms with Gasteiger partial charge in [0.1, 0.15) is 0 Å². The van der Waals surface area contributed by atoms with Crippen LogP contribution in [0, 0.1) is 11.3 Å². The van der Waals surface area contributed by atoms with Crippen molar-refractivity contribution >= 4 is 23.2 Å². The molecular formula is C17H24N2O2S. The number of carbonyl (C=O) groups excluding carboxylic acids is 2. The largest absolute Gasteiger partial charge is 0.365 e. The molecule has 2 heterocycles. The first-order valence-electron chi connectivity index (χ1n) is 8.21. The van der Waals surface area contributed by atoms with Crippen LogP contribution in [0.1, 0.15) is 64.8 Å². The van der Waals surface area contributed by atoms with Crippen molar-refractivity contribution in [3.8, 4) is 0 Å². The molecule has 120 valence electrons. The Balaban J connectivity index is 1.76. The summed E-state index contributed by atoms with van der Waals surface area (Å²) in [6, 6.07) is 3.39. The molecule has 1 aromatic heterocycles. The zero-order valence-corrected chi connectivity index (χ0v) is 14.0. The maximum absolute atomic E-state index is 12.8. The van der Waals surface area contributed by atoms with Crippen LogP contribution in [-0.4, -0.2) is 29.8 Å². The quantitative estimate of drug-likeness (QED) is 0.909. The van der Waals surface area contributed by atoms with Crippen molar-refractivity contribution in [2.75, 3.05) is 13.1 Å². The molecule has 4 nitrogen and oxygen atoms in total. The van der Waals surface area contributed by atoms with Crippen LogP contribution in [0.4, 0.5) is 0 Å². The van der Waals surface area contributed by atoms with Crippen LogP contribution in [0.15, 0.2) is 12.1 Å². The summed E-state index contributed by atoms with van der Waals surface area (Å²) in [5.41, 5.74) is 5.60. The van der Waals surface area contributed by atoms with Gasteiger partial charge in [0.2, 0.25) is 0 Å². The number of thiophene rings is 1. The zero-order valence-electron chi connectivity index (χ0n) is 13.1. The Morgan fingerprint density at radius 2 is 1.91 bits per heavy atom. The minimum Gasteiger partial charge on any atom is -0.365 e. The number of nitrogens with zero attached hydrogens (tertiary/aromatic N) is 1. The van der Waals surface area contributed by atoms with Gasteiger partial charge < -0.3 is 10.6 Å². The average molecular weight is 320 g/mol. The third-order valence-corrected chi connectivity index (χ3v) is 6.67. The molecule has 0 aromatic carbocycles. The van der Waals surface area contributed by atoms with Crippen molar-refractivity contribution in [2.45, 2.75) is 45.4 Å². The number of hydrogen-bond donors (Lipinski definition) is 1. The highest BCUT2D eigenvalue weighted by Gasteiger charge is 2.43. The predicted octanol–water partition coefficient (Wildman–Crippen LogP) is 3.28. The van der Waals surface area contributed by atoms with Gasteiger partial charge in [0, 0.05) is 13.1 Å². The fourth-order valence-electron chi connectivity index (χ4n) is 4.09. The van der Waals surface area contributed by atoms with E-state index in [9.17, 15) is 9.59 Å². The van der Waals surface area contributed by atoms with Crippen LogP contribution in [0.3, 0.4) is 0 Å². The molecule has 1 aliphatic heterocycles. The number of primary amides is 1. The first-order chi connectivity index (χ1) is 10.5. The van der Waals surface area contributed by atoms with Gasteiger partial charge in [-0.1, -0.05) is 26.2 Å². The normalized spacial score (nSPS) is 24.4. The van der Waals surface area contributed by atoms with E-state index < -0.39 is 5.91 Å². The molecule has 1 atom stereocenters. The van der Waals surface area contributed by atoms with Gasteiger partial charge in [-0.2, -0.15) is 0 Å². The molecule has 1 aliphatic carbocycles. The highest BCUT2D eigenvalue weighted by atomic mass is 32.1. The van der Waals surface area contributed by atoms with Gasteiger partial charge in [-0.25, -0.2) is 0 Å². The Bertz CT molecular complexity index is 575. The fourth-order valence-corrected chi connectivity index (χ4v) is 4.92. The summed E-state index contributed by atoms with van der Waals surface area (Å²) in [7, 11) is 0. The van der Waals surface area contributed by atoms with E-state index in [4.69, 9.17) is 5.73 Å². The van der Waals surface area contributed by atoms with Crippen molar-refractivity contribution in [1.29, 1.82) is 0 Å². The molecule has 1 saturated heterocycles. The van der Waals surface area contributed by atoms with Gasteiger partial charge in [-0.15, -0.1) is 11.3 Å². The van der Waals surface area contributed by atoms with Gasteiger partial charge in [0.05, 0.1) is 9.75 Å². The van der Waals surface area contributed by atoms with Crippen LogP contribution in [0.2, 0.25) is 0 Å². The van der Waals surface area contributed by atoms with Crippen molar-refractivity contribution in [3.63, 3.8) is 0 Å². The van der Waals surface area contributed by atoms with E-state index >= 15 is 0 Å². The lowest BCUT2D eigenvalue weighted by Gasteiger charge is -2.49. The summed E-state index contributed by atoms with van der Waals surface area (Å²) >= 11 is 1.21. The van der Waals surface area contributed by atoms with Crippen LogP contribution in [-0.2, 0) is 0 Å². The number of nitrogens with two attached hydrogens (primary N) is 1. The maximum atomic E-state index is 12.8. The highest BCUT2D eigenvalue weighted by molar-refractivity contribution is 7.15. The number of likely N-dealkylation sites (tertiary alicyclic amines) is 1. The monoisotopic (exact) mass is 320 g/mol. The molecule has 1 unspecified atom stereocenters. The first-order valence-corrected chi connectivity index (χ1v) is 9.02. The zero-order chi connectivity index (χ0) is 15.7. The van der Waals surface area contributed by atoms with Gasteiger partial charge in [0.25, 0.3) is 11.8 Å². The molecule has 1 saturated carbocycles. The van der Waals surface area contributed by atoms with Crippen LogP contribution >= 0.6 is 11.3 Å². The van der Waals surface area contributed by atoms with E-state index in [0.717, 1.165) is 19.5 Å². The number of hydrogen-bond acceptors (Lipinski definition) is 3. The third-order valence-electron chi connectivity index (χ3n) is 5.58. The smallest absolute Gasteiger partial charge is 0.263 e. The number of rotatable bonds is 2. The Kier molecular flexibility index (Phi) is 4.26. The summed E-state index contributed by atoms with van der Waals surface area (Å²) in [6.07, 6.45) is 7.48. The van der Waals surface area contributed by atoms with Crippen molar-refractivity contribution in [1.82, 2.24) is 4.90 Å². The summed E-state index contributed by atoms with van der Waals surface area (Å²) in [5.74, 6) is 0.302. The van der Waals surface area contributed by atoms with E-state index in [2.05, 4.69) is 6.92 Å². The lowest BCUT2D eigenvalue weighted by atomic mass is 9.63. The Labute approximate surface area is 135 Å². The summed E-state index contributed by atoms with van der Waals surface area (Å²) < 4.78 is 0. The standard InChI is InChI=1S/C17H24N2O2S/c1-12-7-10-19(11-17(12)8-3-2-4-9-17)16(21)14-6-5-13(22-14)15(18)20/h5-6,12H,2-4,7-11H2,1H3,(H2,18,20). The second kappa shape index (κ2) is 6.03. The van der Waals surface area contributed by atoms with Crippen LogP contribution in [0.5, 0.6) is 0 Å². The van der Waals surface area contributed by atoms with E-state index in [1.165, 1.54) is 43.4 Å². The van der Waals surface area contributed by atoms with Crippen molar-refractivity contribution < 1.29 is 9.59 Å². The van der Waals surface area contributed by atoms with Gasteiger partial charge >= 0.3 is 0 Å². The van der Waals surface area contributed by atoms with E-state index in [1.54, 1.807) is 12.1 Å². The molecule has 2 aliphatic rings. The van der Waals surface area contributed by atoms with Gasteiger partial charge in [-0.05, 0) is 42.7 Å². The maximum Gasteiger partial charge on any atom is 0.263 e. The molecular weight excluding hydrogens is 296 g/mol. The lowest BCUT2D eigenvalue weighted by molar-refractivity contribution is 0.00708. The summed E-state index contributed by atoms with van der Waals surface area (Å²) in [6.45, 7) is 4.05. The van der Waals surface area contributed by atoms with Crippen LogP contribution < -0.4 is 5.73 Å². The molecule has 1 aromatic rings. The first kappa shape index (κ1) is 15.5. The van der Waals surface area contributed by atoms with Crippen molar-refractivity contribution in [3.05, 3.63) is 21.9 Å². The van der Waals surface area contributed by atoms with Gasteiger partial charge in [-0.3, -0.25) is 9.59 Å². The minimum absolute atomic E-state index is 0.0642. The molecule has 1 spiro atoms. The molecule has 0 bridgehead atoms. The Morgan fingerprint density at radius 1 is 1.23 bits per heavy atom.